The van der Waals surface area contributed by atoms with Crippen molar-refractivity contribution in [3.8, 4) is 22.6 Å². The van der Waals surface area contributed by atoms with E-state index in [1.54, 1.807) is 24.3 Å². The normalized spacial score (nSPS) is 11.0. The molecule has 0 heterocycles. The van der Waals surface area contributed by atoms with Gasteiger partial charge in [0.05, 0.1) is 17.2 Å². The molecular formula is C29H21ClO3. The Kier molecular flexibility index (Phi) is 5.72. The van der Waals surface area contributed by atoms with Crippen molar-refractivity contribution in [3.63, 3.8) is 0 Å². The van der Waals surface area contributed by atoms with Gasteiger partial charge in [0.15, 0.2) is 0 Å². The second-order valence-electron chi connectivity index (χ2n) is 7.62. The predicted octanol–water partition coefficient (Wildman–Crippen LogP) is 7.93. The molecule has 0 radical (unpaired) electrons. The summed E-state index contributed by atoms with van der Waals surface area (Å²) in [6.07, 6.45) is 0. The number of ether oxygens (including phenoxy) is 2. The average Bonchev–Trinajstić information content (AvgIpc) is 2.84. The first-order chi connectivity index (χ1) is 16.2. The van der Waals surface area contributed by atoms with Gasteiger partial charge in [-0.05, 0) is 52.7 Å². The summed E-state index contributed by atoms with van der Waals surface area (Å²) in [6.45, 7) is 2.48. The maximum atomic E-state index is 13.1. The summed E-state index contributed by atoms with van der Waals surface area (Å²) in [7, 11) is 0. The van der Waals surface area contributed by atoms with E-state index < -0.39 is 5.97 Å². The summed E-state index contributed by atoms with van der Waals surface area (Å²) in [5.74, 6) is 0.689. The van der Waals surface area contributed by atoms with Crippen LogP contribution in [0.25, 0.3) is 32.7 Å². The number of hydrogen-bond donors (Lipinski definition) is 0. The Balaban J connectivity index is 1.79. The van der Waals surface area contributed by atoms with Gasteiger partial charge >= 0.3 is 5.97 Å². The van der Waals surface area contributed by atoms with E-state index in [9.17, 15) is 4.79 Å². The average molecular weight is 453 g/mol. The Morgan fingerprint density at radius 1 is 0.697 bits per heavy atom. The van der Waals surface area contributed by atoms with E-state index >= 15 is 0 Å². The van der Waals surface area contributed by atoms with Gasteiger partial charge in [0.2, 0.25) is 0 Å². The molecule has 4 heteroatoms. The van der Waals surface area contributed by atoms with Crippen LogP contribution < -0.4 is 9.47 Å². The highest BCUT2D eigenvalue weighted by Crippen LogP contribution is 2.45. The van der Waals surface area contributed by atoms with E-state index in [2.05, 4.69) is 12.1 Å². The summed E-state index contributed by atoms with van der Waals surface area (Å²) in [5, 5.41) is 4.46. The van der Waals surface area contributed by atoms with Crippen LogP contribution in [0.4, 0.5) is 0 Å². The lowest BCUT2D eigenvalue weighted by Gasteiger charge is -2.19. The van der Waals surface area contributed by atoms with Gasteiger partial charge in [-0.1, -0.05) is 84.4 Å². The number of halogens is 1. The van der Waals surface area contributed by atoms with Gasteiger partial charge in [0.1, 0.15) is 11.5 Å². The number of benzene rings is 5. The minimum atomic E-state index is -0.504. The van der Waals surface area contributed by atoms with E-state index in [0.717, 1.165) is 38.4 Å². The molecule has 5 aromatic rings. The van der Waals surface area contributed by atoms with Crippen molar-refractivity contribution in [2.75, 3.05) is 6.61 Å². The summed E-state index contributed by atoms with van der Waals surface area (Å²) in [4.78, 5) is 13.1. The lowest BCUT2D eigenvalue weighted by atomic mass is 9.92. The quantitative estimate of drug-likeness (QED) is 0.200. The van der Waals surface area contributed by atoms with E-state index in [-0.39, 0.29) is 0 Å². The largest absolute Gasteiger partial charge is 0.493 e. The number of carbonyl (C=O) groups is 1. The van der Waals surface area contributed by atoms with Crippen molar-refractivity contribution in [1.29, 1.82) is 0 Å². The van der Waals surface area contributed by atoms with Crippen molar-refractivity contribution < 1.29 is 14.3 Å². The third-order valence-electron chi connectivity index (χ3n) is 5.63. The minimum Gasteiger partial charge on any atom is -0.493 e. The highest BCUT2D eigenvalue weighted by molar-refractivity contribution is 6.33. The Labute approximate surface area is 197 Å². The molecule has 0 amide bonds. The third kappa shape index (κ3) is 3.92. The van der Waals surface area contributed by atoms with E-state index in [1.165, 1.54) is 0 Å². The second kappa shape index (κ2) is 8.97. The van der Waals surface area contributed by atoms with Crippen LogP contribution in [-0.2, 0) is 0 Å². The fraction of sp³-hybridized carbons (Fsp3) is 0.0690. The van der Waals surface area contributed by atoms with E-state index in [0.29, 0.717) is 22.9 Å². The molecule has 0 bridgehead atoms. The minimum absolute atomic E-state index is 0.321. The smallest absolute Gasteiger partial charge is 0.345 e. The number of esters is 1. The molecule has 0 spiro atoms. The van der Waals surface area contributed by atoms with Gasteiger partial charge in [-0.3, -0.25) is 0 Å². The van der Waals surface area contributed by atoms with E-state index in [4.69, 9.17) is 21.1 Å². The number of fused-ring (bicyclic) bond motifs is 2. The van der Waals surface area contributed by atoms with Gasteiger partial charge in [0.25, 0.3) is 0 Å². The van der Waals surface area contributed by atoms with Crippen molar-refractivity contribution in [1.82, 2.24) is 0 Å². The standard InChI is InChI=1S/C29H21ClO3/c1-2-32-25-17-15-19-9-3-5-11-21(19)27(25)28-22-12-6-4-10-20(22)16-18-26(28)33-29(31)23-13-7-8-14-24(23)30/h3-18H,2H2,1H3. The Hall–Kier alpha value is -3.82. The maximum Gasteiger partial charge on any atom is 0.345 e. The molecule has 0 saturated heterocycles. The number of hydrogen-bond acceptors (Lipinski definition) is 3. The van der Waals surface area contributed by atoms with Crippen LogP contribution in [0.2, 0.25) is 5.02 Å². The monoisotopic (exact) mass is 452 g/mol. The molecule has 0 fully saturated rings. The molecule has 5 rings (SSSR count). The van der Waals surface area contributed by atoms with Crippen LogP contribution in [0.15, 0.2) is 97.1 Å². The van der Waals surface area contributed by atoms with Gasteiger partial charge in [-0.25, -0.2) is 4.79 Å². The Morgan fingerprint density at radius 2 is 1.24 bits per heavy atom. The van der Waals surface area contributed by atoms with Crippen LogP contribution in [0.3, 0.4) is 0 Å². The zero-order valence-corrected chi connectivity index (χ0v) is 18.8. The van der Waals surface area contributed by atoms with Crippen LogP contribution >= 0.6 is 11.6 Å². The lowest BCUT2D eigenvalue weighted by Crippen LogP contribution is -2.10. The molecular weight excluding hydrogens is 432 g/mol. The SMILES string of the molecule is CCOc1ccc2ccccc2c1-c1c(OC(=O)c2ccccc2Cl)ccc2ccccc12. The number of carbonyl (C=O) groups excluding carboxylic acids is 1. The van der Waals surface area contributed by atoms with Gasteiger partial charge in [-0.15, -0.1) is 0 Å². The van der Waals surface area contributed by atoms with Gasteiger partial charge < -0.3 is 9.47 Å². The van der Waals surface area contributed by atoms with Crippen LogP contribution in [0.5, 0.6) is 11.5 Å². The molecule has 0 aromatic heterocycles. The van der Waals surface area contributed by atoms with Crippen LogP contribution in [0.1, 0.15) is 17.3 Å². The molecule has 33 heavy (non-hydrogen) atoms. The van der Waals surface area contributed by atoms with Crippen molar-refractivity contribution in [2.45, 2.75) is 6.92 Å². The molecule has 0 saturated carbocycles. The van der Waals surface area contributed by atoms with Crippen molar-refractivity contribution in [3.05, 3.63) is 108 Å². The molecule has 0 aliphatic carbocycles. The fourth-order valence-corrected chi connectivity index (χ4v) is 4.37. The highest BCUT2D eigenvalue weighted by Gasteiger charge is 2.21. The summed E-state index contributed by atoms with van der Waals surface area (Å²) < 4.78 is 12.0. The summed E-state index contributed by atoms with van der Waals surface area (Å²) in [5.41, 5.74) is 2.03. The molecule has 162 valence electrons. The summed E-state index contributed by atoms with van der Waals surface area (Å²) in [6, 6.07) is 30.9. The van der Waals surface area contributed by atoms with E-state index in [1.807, 2.05) is 67.6 Å². The molecule has 0 aliphatic heterocycles. The third-order valence-corrected chi connectivity index (χ3v) is 5.96. The predicted molar refractivity (Wildman–Crippen MR) is 134 cm³/mol. The van der Waals surface area contributed by atoms with Crippen LogP contribution in [0, 0.1) is 0 Å². The topological polar surface area (TPSA) is 35.5 Å². The maximum absolute atomic E-state index is 13.1. The first-order valence-corrected chi connectivity index (χ1v) is 11.2. The molecule has 0 aliphatic rings. The van der Waals surface area contributed by atoms with Crippen molar-refractivity contribution in [2.24, 2.45) is 0 Å². The molecule has 0 N–H and O–H groups in total. The first kappa shape index (κ1) is 21.0. The summed E-state index contributed by atoms with van der Waals surface area (Å²) >= 11 is 6.26. The molecule has 3 nitrogen and oxygen atoms in total. The van der Waals surface area contributed by atoms with Gasteiger partial charge in [-0.2, -0.15) is 0 Å². The van der Waals surface area contributed by atoms with Gasteiger partial charge in [0, 0.05) is 11.1 Å². The zero-order valence-electron chi connectivity index (χ0n) is 18.0. The first-order valence-electron chi connectivity index (χ1n) is 10.8. The molecule has 0 unspecified atom stereocenters. The van der Waals surface area contributed by atoms with Crippen LogP contribution in [-0.4, -0.2) is 12.6 Å². The number of rotatable bonds is 5. The Morgan fingerprint density at radius 3 is 1.88 bits per heavy atom. The van der Waals surface area contributed by atoms with Crippen molar-refractivity contribution >= 4 is 39.1 Å². The highest BCUT2D eigenvalue weighted by atomic mass is 35.5. The fourth-order valence-electron chi connectivity index (χ4n) is 4.16. The molecule has 0 atom stereocenters. The lowest BCUT2D eigenvalue weighted by molar-refractivity contribution is 0.0736. The zero-order chi connectivity index (χ0) is 22.8. The second-order valence-corrected chi connectivity index (χ2v) is 8.03. The molecule has 5 aromatic carbocycles. The Bertz CT molecular complexity index is 1490.